The number of likely N-dealkylation sites (tertiary alicyclic amines) is 1. The van der Waals surface area contributed by atoms with Crippen LogP contribution in [0.25, 0.3) is 0 Å². The summed E-state index contributed by atoms with van der Waals surface area (Å²) < 4.78 is 13.8. The molecular weight excluding hydrogens is 502 g/mol. The van der Waals surface area contributed by atoms with Gasteiger partial charge in [-0.15, -0.1) is 0 Å². The molecule has 4 rings (SSSR count). The highest BCUT2D eigenvalue weighted by atomic mass is 35.5. The fourth-order valence-electron chi connectivity index (χ4n) is 4.66. The molecule has 1 unspecified atom stereocenters. The van der Waals surface area contributed by atoms with E-state index in [0.29, 0.717) is 48.6 Å². The molecular formula is C28H27Cl2FN2O3. The van der Waals surface area contributed by atoms with E-state index in [2.05, 4.69) is 5.32 Å². The molecule has 0 aliphatic carbocycles. The lowest BCUT2D eigenvalue weighted by atomic mass is 9.72. The van der Waals surface area contributed by atoms with Crippen LogP contribution in [0.1, 0.15) is 35.6 Å². The molecule has 3 aromatic rings. The van der Waals surface area contributed by atoms with Crippen LogP contribution in [0.5, 0.6) is 0 Å². The van der Waals surface area contributed by atoms with Crippen LogP contribution in [-0.2, 0) is 21.4 Å². The van der Waals surface area contributed by atoms with Gasteiger partial charge in [0.15, 0.2) is 6.10 Å². The highest BCUT2D eigenvalue weighted by Crippen LogP contribution is 2.35. The number of carbonyl (C=O) groups is 2. The number of halogens is 3. The summed E-state index contributed by atoms with van der Waals surface area (Å²) in [5.41, 5.74) is 1.67. The van der Waals surface area contributed by atoms with Gasteiger partial charge in [-0.2, -0.15) is 0 Å². The molecule has 5 nitrogen and oxygen atoms in total. The monoisotopic (exact) mass is 528 g/mol. The van der Waals surface area contributed by atoms with Crippen LogP contribution in [0, 0.1) is 5.82 Å². The predicted molar refractivity (Wildman–Crippen MR) is 138 cm³/mol. The first-order chi connectivity index (χ1) is 17.3. The van der Waals surface area contributed by atoms with Gasteiger partial charge in [-0.1, -0.05) is 71.7 Å². The van der Waals surface area contributed by atoms with Gasteiger partial charge in [0.1, 0.15) is 5.82 Å². The molecule has 1 aliphatic heterocycles. The number of aliphatic hydroxyl groups excluding tert-OH is 1. The van der Waals surface area contributed by atoms with E-state index in [-0.39, 0.29) is 17.4 Å². The first-order valence-electron chi connectivity index (χ1n) is 11.8. The van der Waals surface area contributed by atoms with Crippen molar-refractivity contribution >= 4 is 35.0 Å². The Bertz CT molecular complexity index is 1230. The third kappa shape index (κ3) is 6.06. The molecule has 1 fully saturated rings. The normalized spacial score (nSPS) is 15.8. The van der Waals surface area contributed by atoms with Crippen LogP contribution in [0.2, 0.25) is 10.0 Å². The van der Waals surface area contributed by atoms with Crippen LogP contribution in [0.3, 0.4) is 0 Å². The Kier molecular flexibility index (Phi) is 8.29. The molecule has 1 heterocycles. The van der Waals surface area contributed by atoms with E-state index in [0.717, 1.165) is 5.56 Å². The maximum Gasteiger partial charge on any atom is 0.253 e. The molecule has 0 saturated carbocycles. The lowest BCUT2D eigenvalue weighted by Crippen LogP contribution is -2.51. The number of rotatable bonds is 7. The molecule has 0 radical (unpaired) electrons. The third-order valence-corrected chi connectivity index (χ3v) is 7.35. The van der Waals surface area contributed by atoms with Gasteiger partial charge in [-0.05, 0) is 53.8 Å². The summed E-state index contributed by atoms with van der Waals surface area (Å²) in [6.45, 7) is 1.31. The maximum absolute atomic E-state index is 13.8. The number of benzene rings is 3. The van der Waals surface area contributed by atoms with Crippen molar-refractivity contribution in [2.75, 3.05) is 19.6 Å². The van der Waals surface area contributed by atoms with Gasteiger partial charge < -0.3 is 15.3 Å². The average molecular weight is 529 g/mol. The van der Waals surface area contributed by atoms with Gasteiger partial charge in [0.05, 0.1) is 11.4 Å². The minimum absolute atomic E-state index is 0.0272. The first kappa shape index (κ1) is 26.1. The molecule has 0 spiro atoms. The predicted octanol–water partition coefficient (Wildman–Crippen LogP) is 5.09. The average Bonchev–Trinajstić information content (AvgIpc) is 2.89. The van der Waals surface area contributed by atoms with Crippen LogP contribution in [0.4, 0.5) is 4.39 Å². The van der Waals surface area contributed by atoms with Crippen LogP contribution in [-0.4, -0.2) is 41.5 Å². The smallest absolute Gasteiger partial charge is 0.253 e. The summed E-state index contributed by atoms with van der Waals surface area (Å²) in [6.07, 6.45) is 0.0175. The SMILES string of the molecule is O=C(NCC1(c2ccccc2)CCN(C(=O)Cc2ccc(Cl)c(F)c2)CC1)C(O)c1cccc(Cl)c1. The molecule has 0 bridgehead atoms. The van der Waals surface area contributed by atoms with Crippen molar-refractivity contribution in [3.63, 3.8) is 0 Å². The molecule has 1 aliphatic rings. The van der Waals surface area contributed by atoms with Crippen molar-refractivity contribution in [3.05, 3.63) is 105 Å². The number of carbonyl (C=O) groups excluding carboxylic acids is 2. The molecule has 36 heavy (non-hydrogen) atoms. The fraction of sp³-hybridized carbons (Fsp3) is 0.286. The number of hydrogen-bond donors (Lipinski definition) is 2. The zero-order valence-electron chi connectivity index (χ0n) is 19.6. The first-order valence-corrected chi connectivity index (χ1v) is 12.5. The summed E-state index contributed by atoms with van der Waals surface area (Å²) in [7, 11) is 0. The number of hydrogen-bond acceptors (Lipinski definition) is 3. The van der Waals surface area contributed by atoms with Crippen molar-refractivity contribution in [2.45, 2.75) is 30.8 Å². The van der Waals surface area contributed by atoms with Crippen molar-refractivity contribution in [2.24, 2.45) is 0 Å². The lowest BCUT2D eigenvalue weighted by molar-refractivity contribution is -0.133. The summed E-state index contributed by atoms with van der Waals surface area (Å²) in [6, 6.07) is 20.9. The minimum Gasteiger partial charge on any atom is -0.378 e. The van der Waals surface area contributed by atoms with Crippen LogP contribution in [0.15, 0.2) is 72.8 Å². The number of nitrogens with one attached hydrogen (secondary N) is 1. The van der Waals surface area contributed by atoms with E-state index < -0.39 is 23.2 Å². The van der Waals surface area contributed by atoms with E-state index in [1.807, 2.05) is 30.3 Å². The van der Waals surface area contributed by atoms with Crippen molar-refractivity contribution in [1.82, 2.24) is 10.2 Å². The largest absolute Gasteiger partial charge is 0.378 e. The summed E-state index contributed by atoms with van der Waals surface area (Å²) in [4.78, 5) is 27.5. The zero-order valence-corrected chi connectivity index (χ0v) is 21.1. The Labute approximate surface area is 219 Å². The van der Waals surface area contributed by atoms with E-state index >= 15 is 0 Å². The maximum atomic E-state index is 13.8. The molecule has 1 saturated heterocycles. The Morgan fingerprint density at radius 2 is 1.72 bits per heavy atom. The van der Waals surface area contributed by atoms with E-state index in [1.165, 1.54) is 12.1 Å². The van der Waals surface area contributed by atoms with Crippen molar-refractivity contribution in [1.29, 1.82) is 0 Å². The van der Waals surface area contributed by atoms with Gasteiger partial charge >= 0.3 is 0 Å². The Hall–Kier alpha value is -2.93. The number of amides is 2. The fourth-order valence-corrected chi connectivity index (χ4v) is 4.98. The summed E-state index contributed by atoms with van der Waals surface area (Å²) in [5.74, 6) is -1.13. The number of piperidine rings is 1. The summed E-state index contributed by atoms with van der Waals surface area (Å²) >= 11 is 11.7. The van der Waals surface area contributed by atoms with Crippen LogP contribution < -0.4 is 5.32 Å². The van der Waals surface area contributed by atoms with Gasteiger partial charge in [-0.3, -0.25) is 9.59 Å². The molecule has 1 atom stereocenters. The second kappa shape index (κ2) is 11.4. The van der Waals surface area contributed by atoms with Crippen molar-refractivity contribution in [3.8, 4) is 0 Å². The zero-order chi connectivity index (χ0) is 25.7. The number of nitrogens with zero attached hydrogens (tertiary/aromatic N) is 1. The van der Waals surface area contributed by atoms with Gasteiger partial charge in [0.25, 0.3) is 5.91 Å². The highest BCUT2D eigenvalue weighted by molar-refractivity contribution is 6.31. The molecule has 188 valence electrons. The molecule has 2 amide bonds. The number of aliphatic hydroxyl groups is 1. The Morgan fingerprint density at radius 1 is 1.00 bits per heavy atom. The topological polar surface area (TPSA) is 69.6 Å². The second-order valence-corrected chi connectivity index (χ2v) is 9.97. The molecule has 3 aromatic carbocycles. The quantitative estimate of drug-likeness (QED) is 0.449. The van der Waals surface area contributed by atoms with Crippen molar-refractivity contribution < 1.29 is 19.1 Å². The summed E-state index contributed by atoms with van der Waals surface area (Å²) in [5, 5.41) is 13.9. The Balaban J connectivity index is 1.43. The lowest BCUT2D eigenvalue weighted by Gasteiger charge is -2.42. The van der Waals surface area contributed by atoms with E-state index in [4.69, 9.17) is 23.2 Å². The van der Waals surface area contributed by atoms with Crippen LogP contribution >= 0.6 is 23.2 Å². The van der Waals surface area contributed by atoms with Gasteiger partial charge in [0, 0.05) is 30.1 Å². The molecule has 8 heteroatoms. The minimum atomic E-state index is -1.34. The molecule has 2 N–H and O–H groups in total. The van der Waals surface area contributed by atoms with Gasteiger partial charge in [0.2, 0.25) is 5.91 Å². The molecule has 0 aromatic heterocycles. The highest BCUT2D eigenvalue weighted by Gasteiger charge is 2.38. The third-order valence-electron chi connectivity index (χ3n) is 6.81. The standard InChI is InChI=1S/C28H27Cl2FN2O3/c29-22-8-4-5-20(17-22)26(35)27(36)32-18-28(21-6-2-1-3-7-21)11-13-33(14-12-28)25(34)16-19-9-10-23(30)24(31)15-19/h1-10,15,17,26,35H,11-14,16,18H2,(H,32,36). The van der Waals surface area contributed by atoms with E-state index in [9.17, 15) is 19.1 Å². The second-order valence-electron chi connectivity index (χ2n) is 9.13. The van der Waals surface area contributed by atoms with E-state index in [1.54, 1.807) is 35.2 Å². The Morgan fingerprint density at radius 3 is 2.39 bits per heavy atom. The van der Waals surface area contributed by atoms with Gasteiger partial charge in [-0.25, -0.2) is 4.39 Å².